The van der Waals surface area contributed by atoms with Crippen molar-refractivity contribution in [3.63, 3.8) is 0 Å². The first-order valence-corrected chi connectivity index (χ1v) is 7.56. The van der Waals surface area contributed by atoms with E-state index in [0.717, 1.165) is 10.0 Å². The third-order valence-electron chi connectivity index (χ3n) is 3.20. The predicted octanol–water partition coefficient (Wildman–Crippen LogP) is 4.40. The van der Waals surface area contributed by atoms with Gasteiger partial charge in [-0.2, -0.15) is 0 Å². The van der Waals surface area contributed by atoms with Gasteiger partial charge in [-0.25, -0.2) is 0 Å². The second-order valence-electron chi connectivity index (χ2n) is 4.58. The Morgan fingerprint density at radius 3 is 2.24 bits per heavy atom. The first-order valence-electron chi connectivity index (χ1n) is 6.39. The summed E-state index contributed by atoms with van der Waals surface area (Å²) in [7, 11) is 3.10. The molecule has 3 nitrogen and oxygen atoms in total. The van der Waals surface area contributed by atoms with Gasteiger partial charge in [0, 0.05) is 22.5 Å². The zero-order valence-corrected chi connectivity index (χ0v) is 14.1. The molecule has 0 fully saturated rings. The van der Waals surface area contributed by atoms with Crippen molar-refractivity contribution in [2.75, 3.05) is 14.2 Å². The van der Waals surface area contributed by atoms with Crippen molar-refractivity contribution in [3.8, 4) is 11.5 Å². The monoisotopic (exact) mass is 370 g/mol. The van der Waals surface area contributed by atoms with E-state index in [1.54, 1.807) is 26.4 Å². The Balaban J connectivity index is 2.26. The lowest BCUT2D eigenvalue weighted by atomic mass is 10.0. The van der Waals surface area contributed by atoms with E-state index in [9.17, 15) is 5.11 Å². The van der Waals surface area contributed by atoms with Crippen molar-refractivity contribution in [2.45, 2.75) is 12.5 Å². The number of halogens is 2. The van der Waals surface area contributed by atoms with Crippen LogP contribution in [0.5, 0.6) is 11.5 Å². The van der Waals surface area contributed by atoms with E-state index in [2.05, 4.69) is 15.9 Å². The van der Waals surface area contributed by atoms with E-state index in [1.165, 1.54) is 0 Å². The van der Waals surface area contributed by atoms with Crippen LogP contribution < -0.4 is 9.47 Å². The van der Waals surface area contributed by atoms with Gasteiger partial charge in [0.05, 0.1) is 25.3 Å². The highest BCUT2D eigenvalue weighted by molar-refractivity contribution is 9.10. The largest absolute Gasteiger partial charge is 0.493 e. The summed E-state index contributed by atoms with van der Waals surface area (Å²) < 4.78 is 11.4. The highest BCUT2D eigenvalue weighted by Gasteiger charge is 2.17. The minimum Gasteiger partial charge on any atom is -0.493 e. The van der Waals surface area contributed by atoms with E-state index in [-0.39, 0.29) is 0 Å². The summed E-state index contributed by atoms with van der Waals surface area (Å²) in [6, 6.07) is 11.2. The summed E-state index contributed by atoms with van der Waals surface area (Å²) in [4.78, 5) is 0. The molecule has 2 aromatic carbocycles. The fourth-order valence-electron chi connectivity index (χ4n) is 2.08. The Bertz CT molecular complexity index is 614. The van der Waals surface area contributed by atoms with Gasteiger partial charge in [0.25, 0.3) is 0 Å². The first-order chi connectivity index (χ1) is 10.0. The van der Waals surface area contributed by atoms with Gasteiger partial charge < -0.3 is 14.6 Å². The molecule has 2 aromatic rings. The van der Waals surface area contributed by atoms with Crippen LogP contribution in [0.4, 0.5) is 0 Å². The number of methoxy groups -OCH3 is 2. The molecule has 112 valence electrons. The highest BCUT2D eigenvalue weighted by atomic mass is 79.9. The molecule has 0 amide bonds. The Morgan fingerprint density at radius 1 is 1.10 bits per heavy atom. The number of benzene rings is 2. The molecule has 0 spiro atoms. The van der Waals surface area contributed by atoms with Gasteiger partial charge in [-0.1, -0.05) is 39.7 Å². The van der Waals surface area contributed by atoms with Crippen molar-refractivity contribution >= 4 is 27.5 Å². The zero-order valence-electron chi connectivity index (χ0n) is 11.8. The molecule has 0 saturated carbocycles. The average Bonchev–Trinajstić information content (AvgIpc) is 2.49. The molecular formula is C16H16BrClO3. The minimum atomic E-state index is -0.710. The van der Waals surface area contributed by atoms with E-state index in [1.807, 2.05) is 24.3 Å². The van der Waals surface area contributed by atoms with Crippen LogP contribution in [0.15, 0.2) is 40.9 Å². The summed E-state index contributed by atoms with van der Waals surface area (Å²) in [6.45, 7) is 0. The minimum absolute atomic E-state index is 0.456. The van der Waals surface area contributed by atoms with Crippen LogP contribution in [-0.2, 0) is 6.42 Å². The lowest BCUT2D eigenvalue weighted by Crippen LogP contribution is -2.04. The molecule has 0 aromatic heterocycles. The molecule has 0 aliphatic carbocycles. The molecule has 0 aliphatic rings. The third kappa shape index (κ3) is 3.90. The van der Waals surface area contributed by atoms with Gasteiger partial charge in [-0.3, -0.25) is 0 Å². The Morgan fingerprint density at radius 2 is 1.67 bits per heavy atom. The summed E-state index contributed by atoms with van der Waals surface area (Å²) in [5, 5.41) is 10.9. The molecule has 0 heterocycles. The van der Waals surface area contributed by atoms with Crippen LogP contribution in [0, 0.1) is 0 Å². The molecule has 0 aliphatic heterocycles. The summed E-state index contributed by atoms with van der Waals surface area (Å²) >= 11 is 9.61. The quantitative estimate of drug-likeness (QED) is 0.847. The number of aliphatic hydroxyl groups is 1. The maximum absolute atomic E-state index is 10.4. The van der Waals surface area contributed by atoms with Crippen LogP contribution in [0.25, 0.3) is 0 Å². The predicted molar refractivity (Wildman–Crippen MR) is 87.4 cm³/mol. The van der Waals surface area contributed by atoms with Crippen molar-refractivity contribution in [1.82, 2.24) is 0 Å². The van der Waals surface area contributed by atoms with Gasteiger partial charge in [0.15, 0.2) is 11.5 Å². The van der Waals surface area contributed by atoms with Crippen LogP contribution in [-0.4, -0.2) is 19.3 Å². The van der Waals surface area contributed by atoms with E-state index < -0.39 is 6.10 Å². The number of hydrogen-bond acceptors (Lipinski definition) is 3. The summed E-state index contributed by atoms with van der Waals surface area (Å²) in [6.07, 6.45) is -0.235. The standard InChI is InChI=1S/C16H16BrClO3/c1-20-15-8-12(13(18)9-16(15)21-2)14(19)7-10-3-5-11(17)6-4-10/h3-6,8-9,14,19H,7H2,1-2H3. The Kier molecular flexibility index (Phi) is 5.51. The molecule has 2 rings (SSSR count). The lowest BCUT2D eigenvalue weighted by molar-refractivity contribution is 0.178. The maximum atomic E-state index is 10.4. The van der Waals surface area contributed by atoms with E-state index >= 15 is 0 Å². The second-order valence-corrected chi connectivity index (χ2v) is 5.90. The number of hydrogen-bond donors (Lipinski definition) is 1. The smallest absolute Gasteiger partial charge is 0.162 e. The molecule has 0 radical (unpaired) electrons. The molecule has 5 heteroatoms. The molecule has 0 bridgehead atoms. The summed E-state index contributed by atoms with van der Waals surface area (Å²) in [5.41, 5.74) is 1.65. The van der Waals surface area contributed by atoms with Crippen LogP contribution in [0.1, 0.15) is 17.2 Å². The fourth-order valence-corrected chi connectivity index (χ4v) is 2.62. The molecular weight excluding hydrogens is 356 g/mol. The highest BCUT2D eigenvalue weighted by Crippen LogP contribution is 2.36. The van der Waals surface area contributed by atoms with Gasteiger partial charge in [-0.05, 0) is 23.8 Å². The van der Waals surface area contributed by atoms with E-state index in [4.69, 9.17) is 21.1 Å². The molecule has 1 N–H and O–H groups in total. The van der Waals surface area contributed by atoms with Gasteiger partial charge in [-0.15, -0.1) is 0 Å². The zero-order chi connectivity index (χ0) is 15.4. The van der Waals surface area contributed by atoms with Crippen LogP contribution in [0.2, 0.25) is 5.02 Å². The Labute approximate surface area is 137 Å². The molecule has 1 unspecified atom stereocenters. The molecule has 1 atom stereocenters. The SMILES string of the molecule is COc1cc(Cl)c(C(O)Cc2ccc(Br)cc2)cc1OC. The fraction of sp³-hybridized carbons (Fsp3) is 0.250. The average molecular weight is 372 g/mol. The molecule has 0 saturated heterocycles. The van der Waals surface area contributed by atoms with Crippen molar-refractivity contribution < 1.29 is 14.6 Å². The van der Waals surface area contributed by atoms with Crippen molar-refractivity contribution in [2.24, 2.45) is 0 Å². The summed E-state index contributed by atoms with van der Waals surface area (Å²) in [5.74, 6) is 1.09. The Hall–Kier alpha value is -1.23. The normalized spacial score (nSPS) is 12.0. The van der Waals surface area contributed by atoms with Gasteiger partial charge >= 0.3 is 0 Å². The van der Waals surface area contributed by atoms with Gasteiger partial charge in [0.2, 0.25) is 0 Å². The van der Waals surface area contributed by atoms with Crippen LogP contribution in [0.3, 0.4) is 0 Å². The first kappa shape index (κ1) is 16.1. The number of aliphatic hydroxyl groups excluding tert-OH is 1. The van der Waals surface area contributed by atoms with Crippen molar-refractivity contribution in [1.29, 1.82) is 0 Å². The van der Waals surface area contributed by atoms with Crippen molar-refractivity contribution in [3.05, 3.63) is 57.0 Å². The van der Waals surface area contributed by atoms with Gasteiger partial charge in [0.1, 0.15) is 0 Å². The third-order valence-corrected chi connectivity index (χ3v) is 4.06. The number of rotatable bonds is 5. The van der Waals surface area contributed by atoms with Crippen LogP contribution >= 0.6 is 27.5 Å². The lowest BCUT2D eigenvalue weighted by Gasteiger charge is -2.16. The second kappa shape index (κ2) is 7.16. The topological polar surface area (TPSA) is 38.7 Å². The molecule has 21 heavy (non-hydrogen) atoms. The van der Waals surface area contributed by atoms with E-state index in [0.29, 0.717) is 28.5 Å². The maximum Gasteiger partial charge on any atom is 0.162 e. The number of ether oxygens (including phenoxy) is 2.